The van der Waals surface area contributed by atoms with Crippen LogP contribution in [0, 0.1) is 6.92 Å². The highest BCUT2D eigenvalue weighted by Crippen LogP contribution is 2.23. The van der Waals surface area contributed by atoms with Crippen LogP contribution in [0.15, 0.2) is 6.20 Å². The van der Waals surface area contributed by atoms with Crippen molar-refractivity contribution in [3.63, 3.8) is 0 Å². The van der Waals surface area contributed by atoms with Crippen molar-refractivity contribution in [2.45, 2.75) is 40.2 Å². The largest absolute Gasteiger partial charge is 0.294 e. The molecule has 2 rings (SSSR count). The van der Waals surface area contributed by atoms with Crippen LogP contribution < -0.4 is 0 Å². The van der Waals surface area contributed by atoms with E-state index >= 15 is 0 Å². The number of nitrogens with zero attached hydrogens (tertiary/aromatic N) is 4. The molecule has 0 aliphatic rings. The van der Waals surface area contributed by atoms with Crippen molar-refractivity contribution in [2.75, 3.05) is 0 Å². The number of aromatic nitrogens is 4. The lowest BCUT2D eigenvalue weighted by atomic mass is 10.1. The van der Waals surface area contributed by atoms with Crippen molar-refractivity contribution < 1.29 is 4.79 Å². The first-order valence-corrected chi connectivity index (χ1v) is 7.13. The van der Waals surface area contributed by atoms with Gasteiger partial charge in [0.1, 0.15) is 0 Å². The fourth-order valence-electron chi connectivity index (χ4n) is 2.31. The van der Waals surface area contributed by atoms with Crippen molar-refractivity contribution in [2.24, 2.45) is 7.05 Å². The monoisotopic (exact) mass is 294 g/mol. The first kappa shape index (κ1) is 14.8. The number of aryl methyl sites for hydroxylation is 4. The fourth-order valence-corrected chi connectivity index (χ4v) is 2.64. The van der Waals surface area contributed by atoms with Crippen molar-refractivity contribution in [3.05, 3.63) is 33.9 Å². The van der Waals surface area contributed by atoms with E-state index in [1.807, 2.05) is 32.5 Å². The predicted molar refractivity (Wildman–Crippen MR) is 78.3 cm³/mol. The van der Waals surface area contributed by atoms with E-state index in [0.717, 1.165) is 23.5 Å². The van der Waals surface area contributed by atoms with Gasteiger partial charge >= 0.3 is 0 Å². The van der Waals surface area contributed by atoms with Gasteiger partial charge in [0.05, 0.1) is 34.1 Å². The van der Waals surface area contributed by atoms with Crippen LogP contribution in [0.2, 0.25) is 5.02 Å². The third-order valence-electron chi connectivity index (χ3n) is 3.34. The third-order valence-corrected chi connectivity index (χ3v) is 3.77. The fraction of sp³-hybridized carbons (Fsp3) is 0.500. The Morgan fingerprint density at radius 1 is 1.35 bits per heavy atom. The normalized spacial score (nSPS) is 11.1. The molecule has 0 spiro atoms. The molecule has 2 aromatic rings. The summed E-state index contributed by atoms with van der Waals surface area (Å²) >= 11 is 6.33. The average molecular weight is 295 g/mol. The number of Topliss-reactive ketones (excluding diaryl/α,β-unsaturated/α-hetero) is 1. The summed E-state index contributed by atoms with van der Waals surface area (Å²) in [7, 11) is 1.81. The second kappa shape index (κ2) is 5.79. The molecule has 6 heteroatoms. The van der Waals surface area contributed by atoms with Gasteiger partial charge in [0.15, 0.2) is 5.78 Å². The number of ketones is 1. The molecule has 2 aromatic heterocycles. The van der Waals surface area contributed by atoms with Gasteiger partial charge in [0, 0.05) is 19.8 Å². The molecule has 0 radical (unpaired) electrons. The molecule has 0 aliphatic heterocycles. The molecule has 108 valence electrons. The van der Waals surface area contributed by atoms with Gasteiger partial charge in [-0.1, -0.05) is 18.5 Å². The molecule has 0 aliphatic carbocycles. The molecule has 0 bridgehead atoms. The molecule has 20 heavy (non-hydrogen) atoms. The lowest BCUT2D eigenvalue weighted by Crippen LogP contribution is -2.10. The average Bonchev–Trinajstić information content (AvgIpc) is 2.90. The number of hydrogen-bond donors (Lipinski definition) is 0. The first-order chi connectivity index (χ1) is 9.47. The standard InChI is InChI=1S/C14H19ClN4O/c1-5-11-14(15)12(19(6-2)17-11)7-13(20)10-8-18(4)16-9(10)3/h8H,5-7H2,1-4H3. The molecule has 0 saturated carbocycles. The zero-order valence-electron chi connectivity index (χ0n) is 12.3. The van der Waals surface area contributed by atoms with Crippen LogP contribution in [0.4, 0.5) is 0 Å². The number of halogens is 1. The van der Waals surface area contributed by atoms with E-state index < -0.39 is 0 Å². The SMILES string of the molecule is CCc1nn(CC)c(CC(=O)c2cn(C)nc2C)c1Cl. The number of carbonyl (C=O) groups is 1. The van der Waals surface area contributed by atoms with Crippen LogP contribution in [0.1, 0.15) is 41.3 Å². The molecule has 0 amide bonds. The van der Waals surface area contributed by atoms with Gasteiger partial charge in [-0.25, -0.2) is 0 Å². The minimum absolute atomic E-state index is 0.0229. The molecule has 0 unspecified atom stereocenters. The highest BCUT2D eigenvalue weighted by atomic mass is 35.5. The lowest BCUT2D eigenvalue weighted by molar-refractivity contribution is 0.0990. The van der Waals surface area contributed by atoms with Crippen LogP contribution in [-0.2, 0) is 26.4 Å². The minimum Gasteiger partial charge on any atom is -0.294 e. The zero-order valence-corrected chi connectivity index (χ0v) is 13.0. The van der Waals surface area contributed by atoms with E-state index in [-0.39, 0.29) is 12.2 Å². The maximum absolute atomic E-state index is 12.4. The zero-order chi connectivity index (χ0) is 14.9. The first-order valence-electron chi connectivity index (χ1n) is 6.75. The van der Waals surface area contributed by atoms with Gasteiger partial charge in [-0.05, 0) is 20.3 Å². The van der Waals surface area contributed by atoms with E-state index in [4.69, 9.17) is 11.6 Å². The molecular formula is C14H19ClN4O. The van der Waals surface area contributed by atoms with Gasteiger partial charge in [-0.2, -0.15) is 10.2 Å². The Bertz CT molecular complexity index is 642. The Labute approximate surface area is 123 Å². The Morgan fingerprint density at radius 2 is 2.05 bits per heavy atom. The van der Waals surface area contributed by atoms with Crippen LogP contribution in [0.5, 0.6) is 0 Å². The van der Waals surface area contributed by atoms with Crippen molar-refractivity contribution in [3.8, 4) is 0 Å². The van der Waals surface area contributed by atoms with Gasteiger partial charge in [0.2, 0.25) is 0 Å². The molecule has 0 N–H and O–H groups in total. The maximum atomic E-state index is 12.4. The van der Waals surface area contributed by atoms with Crippen molar-refractivity contribution >= 4 is 17.4 Å². The molecule has 0 aromatic carbocycles. The van der Waals surface area contributed by atoms with E-state index in [1.54, 1.807) is 10.9 Å². The minimum atomic E-state index is 0.0229. The van der Waals surface area contributed by atoms with Crippen LogP contribution in [0.25, 0.3) is 0 Å². The van der Waals surface area contributed by atoms with Crippen LogP contribution in [-0.4, -0.2) is 25.3 Å². The number of rotatable bonds is 5. The maximum Gasteiger partial charge on any atom is 0.172 e. The molecule has 0 fully saturated rings. The Kier molecular flexibility index (Phi) is 4.28. The second-order valence-electron chi connectivity index (χ2n) is 4.78. The second-order valence-corrected chi connectivity index (χ2v) is 5.16. The lowest BCUT2D eigenvalue weighted by Gasteiger charge is -2.04. The van der Waals surface area contributed by atoms with Crippen molar-refractivity contribution in [1.29, 1.82) is 0 Å². The summed E-state index contributed by atoms with van der Waals surface area (Å²) in [4.78, 5) is 12.4. The molecule has 0 atom stereocenters. The summed E-state index contributed by atoms with van der Waals surface area (Å²) in [5.41, 5.74) is 3.02. The number of hydrogen-bond acceptors (Lipinski definition) is 3. The Morgan fingerprint density at radius 3 is 2.55 bits per heavy atom. The van der Waals surface area contributed by atoms with E-state index in [9.17, 15) is 4.79 Å². The summed E-state index contributed by atoms with van der Waals surface area (Å²) in [6.07, 6.45) is 2.77. The number of carbonyl (C=O) groups excluding carboxylic acids is 1. The molecular weight excluding hydrogens is 276 g/mol. The van der Waals surface area contributed by atoms with E-state index in [1.165, 1.54) is 0 Å². The van der Waals surface area contributed by atoms with Crippen LogP contribution in [0.3, 0.4) is 0 Å². The predicted octanol–water partition coefficient (Wildman–Crippen LogP) is 2.59. The van der Waals surface area contributed by atoms with Crippen molar-refractivity contribution in [1.82, 2.24) is 19.6 Å². The topological polar surface area (TPSA) is 52.7 Å². The third kappa shape index (κ3) is 2.63. The van der Waals surface area contributed by atoms with Crippen LogP contribution >= 0.6 is 11.6 Å². The highest BCUT2D eigenvalue weighted by molar-refractivity contribution is 6.32. The summed E-state index contributed by atoms with van der Waals surface area (Å²) in [5.74, 6) is 0.0229. The molecule has 5 nitrogen and oxygen atoms in total. The summed E-state index contributed by atoms with van der Waals surface area (Å²) in [5, 5.41) is 9.25. The summed E-state index contributed by atoms with van der Waals surface area (Å²) < 4.78 is 3.46. The molecule has 0 saturated heterocycles. The summed E-state index contributed by atoms with van der Waals surface area (Å²) in [6.45, 7) is 6.54. The quantitative estimate of drug-likeness (QED) is 0.797. The Hall–Kier alpha value is -1.62. The van der Waals surface area contributed by atoms with E-state index in [2.05, 4.69) is 10.2 Å². The highest BCUT2D eigenvalue weighted by Gasteiger charge is 2.20. The smallest absolute Gasteiger partial charge is 0.172 e. The van der Waals surface area contributed by atoms with Gasteiger partial charge in [0.25, 0.3) is 0 Å². The van der Waals surface area contributed by atoms with Gasteiger partial charge < -0.3 is 0 Å². The molecule has 2 heterocycles. The van der Waals surface area contributed by atoms with Gasteiger partial charge in [-0.15, -0.1) is 0 Å². The van der Waals surface area contributed by atoms with E-state index in [0.29, 0.717) is 17.1 Å². The van der Waals surface area contributed by atoms with Gasteiger partial charge in [-0.3, -0.25) is 14.2 Å². The Balaban J connectivity index is 2.32. The summed E-state index contributed by atoms with van der Waals surface area (Å²) in [6, 6.07) is 0.